The molecule has 0 radical (unpaired) electrons. The molecule has 3 aromatic carbocycles. The lowest BCUT2D eigenvalue weighted by molar-refractivity contribution is -0.120. The Labute approximate surface area is 241 Å². The third-order valence-electron chi connectivity index (χ3n) is 7.51. The number of piperazine rings is 1. The summed E-state index contributed by atoms with van der Waals surface area (Å²) < 4.78 is 0. The molecule has 1 fully saturated rings. The highest BCUT2D eigenvalue weighted by Crippen LogP contribution is 2.37. The Hall–Kier alpha value is -3.52. The molecule has 1 amide bonds. The second kappa shape index (κ2) is 13.2. The molecule has 1 saturated heterocycles. The lowest BCUT2D eigenvalue weighted by atomic mass is 9.90. The van der Waals surface area contributed by atoms with Crippen LogP contribution in [0.3, 0.4) is 0 Å². The molecule has 7 nitrogen and oxygen atoms in total. The Morgan fingerprint density at radius 1 is 1.00 bits per heavy atom. The molecule has 3 aromatic rings. The number of nitrogens with zero attached hydrogens (tertiary/aromatic N) is 3. The molecule has 0 aromatic heterocycles. The summed E-state index contributed by atoms with van der Waals surface area (Å²) in [7, 11) is 2.13. The molecule has 0 bridgehead atoms. The summed E-state index contributed by atoms with van der Waals surface area (Å²) >= 11 is 6.16. The summed E-state index contributed by atoms with van der Waals surface area (Å²) in [5, 5.41) is 6.98. The van der Waals surface area contributed by atoms with Gasteiger partial charge in [0.15, 0.2) is 0 Å². The predicted octanol–water partition coefficient (Wildman–Crippen LogP) is 5.60. The van der Waals surface area contributed by atoms with Crippen LogP contribution in [0.4, 0.5) is 17.1 Å². The number of aliphatic imine (C=N–C) groups is 1. The second-order valence-electron chi connectivity index (χ2n) is 10.6. The number of nitrogens with one attached hydrogen (secondary N) is 2. The van der Waals surface area contributed by atoms with Crippen LogP contribution in [-0.2, 0) is 9.59 Å². The molecule has 1 atom stereocenters. The van der Waals surface area contributed by atoms with E-state index in [4.69, 9.17) is 16.6 Å². The number of amides is 1. The summed E-state index contributed by atoms with van der Waals surface area (Å²) in [6.45, 7) is 5.42. The number of carbonyl (C=O) groups excluding carboxylic acids is 2. The maximum atomic E-state index is 13.1. The van der Waals surface area contributed by atoms with Crippen LogP contribution in [0.2, 0.25) is 5.02 Å². The molecule has 208 valence electrons. The van der Waals surface area contributed by atoms with Gasteiger partial charge in [0.25, 0.3) is 0 Å². The van der Waals surface area contributed by atoms with Gasteiger partial charge in [-0.1, -0.05) is 48.0 Å². The van der Waals surface area contributed by atoms with Crippen LogP contribution in [0.15, 0.2) is 77.8 Å². The van der Waals surface area contributed by atoms with Crippen LogP contribution >= 0.6 is 11.6 Å². The van der Waals surface area contributed by atoms with Gasteiger partial charge in [-0.15, -0.1) is 0 Å². The van der Waals surface area contributed by atoms with Gasteiger partial charge in [-0.05, 0) is 67.4 Å². The average molecular weight is 558 g/mol. The average Bonchev–Trinajstić information content (AvgIpc) is 3.28. The van der Waals surface area contributed by atoms with E-state index in [1.54, 1.807) is 12.1 Å². The first-order chi connectivity index (χ1) is 19.5. The highest BCUT2D eigenvalue weighted by atomic mass is 35.5. The van der Waals surface area contributed by atoms with Crippen LogP contribution in [0.25, 0.3) is 0 Å². The number of hydrogen-bond acceptors (Lipinski definition) is 6. The number of halogens is 1. The van der Waals surface area contributed by atoms with Crippen LogP contribution in [0.1, 0.15) is 36.3 Å². The van der Waals surface area contributed by atoms with E-state index in [-0.39, 0.29) is 5.91 Å². The Kier molecular flexibility index (Phi) is 9.26. The number of hydrogen-bond donors (Lipinski definition) is 2. The largest absolute Gasteiger partial charge is 0.385 e. The third-order valence-corrected chi connectivity index (χ3v) is 7.75. The van der Waals surface area contributed by atoms with Crippen molar-refractivity contribution in [2.45, 2.75) is 25.2 Å². The molecule has 2 aliphatic heterocycles. The standard InChI is InChI=1S/C32H36ClN5O2/c1-37-17-19-38(20-18-37)22-27(39)9-5-6-16-34-25-11-13-26(14-12-25)35-31(23-7-3-2-4-8-23)30-28-15-10-24(33)21-29(28)36-32(30)40/h2-4,7-8,10-15,21,30,34H,5-6,9,16-20,22H2,1H3,(H,36,40). The van der Waals surface area contributed by atoms with Crippen LogP contribution in [0.5, 0.6) is 0 Å². The molecule has 0 spiro atoms. The minimum Gasteiger partial charge on any atom is -0.385 e. The van der Waals surface area contributed by atoms with Gasteiger partial charge in [-0.25, -0.2) is 0 Å². The summed E-state index contributed by atoms with van der Waals surface area (Å²) in [5.74, 6) is -0.297. The fourth-order valence-corrected chi connectivity index (χ4v) is 5.39. The van der Waals surface area contributed by atoms with E-state index in [2.05, 4.69) is 27.5 Å². The monoisotopic (exact) mass is 557 g/mol. The number of rotatable bonds is 11. The first-order valence-electron chi connectivity index (χ1n) is 14.0. The first kappa shape index (κ1) is 28.0. The van der Waals surface area contributed by atoms with E-state index in [1.165, 1.54) is 0 Å². The SMILES string of the molecule is CN1CCN(CC(=O)CCCCNc2ccc(N=C(c3ccccc3)C3C(=O)Nc4cc(Cl)ccc43)cc2)CC1. The van der Waals surface area contributed by atoms with E-state index in [0.29, 0.717) is 29.5 Å². The highest BCUT2D eigenvalue weighted by Gasteiger charge is 2.35. The van der Waals surface area contributed by atoms with E-state index in [0.717, 1.165) is 73.8 Å². The summed E-state index contributed by atoms with van der Waals surface area (Å²) in [5.41, 5.74) is 4.97. The van der Waals surface area contributed by atoms with Crippen molar-refractivity contribution in [3.63, 3.8) is 0 Å². The van der Waals surface area contributed by atoms with Crippen molar-refractivity contribution < 1.29 is 9.59 Å². The Morgan fingerprint density at radius 2 is 1.75 bits per heavy atom. The van der Waals surface area contributed by atoms with E-state index >= 15 is 0 Å². The lowest BCUT2D eigenvalue weighted by Crippen LogP contribution is -2.46. The fourth-order valence-electron chi connectivity index (χ4n) is 5.22. The Bertz CT molecular complexity index is 1350. The van der Waals surface area contributed by atoms with Crippen molar-refractivity contribution in [3.05, 3.63) is 88.9 Å². The van der Waals surface area contributed by atoms with Crippen molar-refractivity contribution in [1.29, 1.82) is 0 Å². The van der Waals surface area contributed by atoms with Gasteiger partial charge in [-0.2, -0.15) is 0 Å². The van der Waals surface area contributed by atoms with E-state index < -0.39 is 5.92 Å². The maximum Gasteiger partial charge on any atom is 0.238 e. The van der Waals surface area contributed by atoms with Crippen molar-refractivity contribution >= 4 is 46.1 Å². The van der Waals surface area contributed by atoms with Crippen LogP contribution in [-0.4, -0.2) is 73.5 Å². The maximum absolute atomic E-state index is 13.1. The number of carbonyl (C=O) groups is 2. The zero-order valence-electron chi connectivity index (χ0n) is 22.9. The number of anilines is 2. The molecule has 2 heterocycles. The molecular weight excluding hydrogens is 522 g/mol. The van der Waals surface area contributed by atoms with E-state index in [1.807, 2.05) is 60.7 Å². The molecule has 0 aliphatic carbocycles. The number of Topliss-reactive ketones (excluding diaryl/α,β-unsaturated/α-hetero) is 1. The van der Waals surface area contributed by atoms with Crippen LogP contribution in [0, 0.1) is 0 Å². The van der Waals surface area contributed by atoms with Gasteiger partial charge in [0, 0.05) is 55.5 Å². The topological polar surface area (TPSA) is 77.0 Å². The lowest BCUT2D eigenvalue weighted by Gasteiger charge is -2.31. The van der Waals surface area contributed by atoms with Gasteiger partial charge in [0.2, 0.25) is 5.91 Å². The molecule has 0 saturated carbocycles. The fraction of sp³-hybridized carbons (Fsp3) is 0.344. The molecule has 40 heavy (non-hydrogen) atoms. The predicted molar refractivity (Wildman–Crippen MR) is 163 cm³/mol. The smallest absolute Gasteiger partial charge is 0.238 e. The van der Waals surface area contributed by atoms with Gasteiger partial charge < -0.3 is 15.5 Å². The molecule has 1 unspecified atom stereocenters. The second-order valence-corrected chi connectivity index (χ2v) is 11.0. The highest BCUT2D eigenvalue weighted by molar-refractivity contribution is 6.31. The zero-order chi connectivity index (χ0) is 27.9. The summed E-state index contributed by atoms with van der Waals surface area (Å²) in [4.78, 5) is 34.9. The normalized spacial score (nSPS) is 17.9. The van der Waals surface area contributed by atoms with Gasteiger partial charge >= 0.3 is 0 Å². The minimum absolute atomic E-state index is 0.111. The van der Waals surface area contributed by atoms with Crippen molar-refractivity contribution in [2.75, 3.05) is 56.9 Å². The van der Waals surface area contributed by atoms with Crippen molar-refractivity contribution in [2.24, 2.45) is 4.99 Å². The number of ketones is 1. The minimum atomic E-state index is -0.522. The van der Waals surface area contributed by atoms with Crippen molar-refractivity contribution in [1.82, 2.24) is 9.80 Å². The van der Waals surface area contributed by atoms with Crippen molar-refractivity contribution in [3.8, 4) is 0 Å². The summed E-state index contributed by atoms with van der Waals surface area (Å²) in [6.07, 6.45) is 2.46. The van der Waals surface area contributed by atoms with Gasteiger partial charge in [0.1, 0.15) is 11.7 Å². The Morgan fingerprint density at radius 3 is 2.50 bits per heavy atom. The van der Waals surface area contributed by atoms with Gasteiger partial charge in [-0.3, -0.25) is 19.5 Å². The number of fused-ring (bicyclic) bond motifs is 1. The molecule has 8 heteroatoms. The first-order valence-corrected chi connectivity index (χ1v) is 14.3. The quantitative estimate of drug-likeness (QED) is 0.237. The summed E-state index contributed by atoms with van der Waals surface area (Å²) in [6, 6.07) is 23.2. The number of benzene rings is 3. The van der Waals surface area contributed by atoms with E-state index in [9.17, 15) is 9.59 Å². The van der Waals surface area contributed by atoms with Gasteiger partial charge in [0.05, 0.1) is 17.9 Å². The third kappa shape index (κ3) is 7.16. The Balaban J connectivity index is 1.18. The molecular formula is C32H36ClN5O2. The molecule has 5 rings (SSSR count). The molecule has 2 aliphatic rings. The molecule has 2 N–H and O–H groups in total. The zero-order valence-corrected chi connectivity index (χ0v) is 23.7. The van der Waals surface area contributed by atoms with Crippen LogP contribution < -0.4 is 10.6 Å². The number of unbranched alkanes of at least 4 members (excludes halogenated alkanes) is 1. The number of likely N-dealkylation sites (N-methyl/N-ethyl adjacent to an activating group) is 1.